The molecule has 1 heterocycles. The number of hydrogen-bond donors (Lipinski definition) is 0. The minimum Gasteiger partial charge on any atom is -0.464 e. The van der Waals surface area contributed by atoms with Crippen LogP contribution in [0, 0.1) is 0 Å². The van der Waals surface area contributed by atoms with Gasteiger partial charge in [0.25, 0.3) is 5.78 Å². The number of carbonyl (C=O) groups is 3. The van der Waals surface area contributed by atoms with Crippen molar-refractivity contribution in [3.8, 4) is 0 Å². The van der Waals surface area contributed by atoms with Gasteiger partial charge in [0.05, 0.1) is 18.8 Å². The zero-order valence-corrected chi connectivity index (χ0v) is 10.3. The fraction of sp³-hybridized carbons (Fsp3) is 0.417. The lowest BCUT2D eigenvalue weighted by Gasteiger charge is -2.08. The van der Waals surface area contributed by atoms with E-state index in [-0.39, 0.29) is 24.9 Å². The van der Waals surface area contributed by atoms with Crippen LogP contribution in [0.3, 0.4) is 0 Å². The summed E-state index contributed by atoms with van der Waals surface area (Å²) < 4.78 is 11.0. The SMILES string of the molecule is CCOC(=O)C(=O)c1cccn1CCOC(C)=O. The van der Waals surface area contributed by atoms with Gasteiger partial charge in [-0.25, -0.2) is 4.79 Å². The Morgan fingerprint density at radius 1 is 1.28 bits per heavy atom. The Morgan fingerprint density at radius 3 is 2.61 bits per heavy atom. The van der Waals surface area contributed by atoms with Crippen molar-refractivity contribution in [1.29, 1.82) is 0 Å². The maximum Gasteiger partial charge on any atom is 0.381 e. The van der Waals surface area contributed by atoms with Crippen LogP contribution in [0.25, 0.3) is 0 Å². The standard InChI is InChI=1S/C12H15NO5/c1-3-17-12(16)11(15)10-5-4-6-13(10)7-8-18-9(2)14/h4-6H,3,7-8H2,1-2H3. The summed E-state index contributed by atoms with van der Waals surface area (Å²) in [5.74, 6) is -1.98. The fourth-order valence-corrected chi connectivity index (χ4v) is 1.40. The highest BCUT2D eigenvalue weighted by molar-refractivity contribution is 6.40. The molecule has 0 aliphatic carbocycles. The first-order valence-corrected chi connectivity index (χ1v) is 5.56. The molecule has 0 fully saturated rings. The smallest absolute Gasteiger partial charge is 0.381 e. The summed E-state index contributed by atoms with van der Waals surface area (Å²) in [4.78, 5) is 33.6. The Labute approximate surface area is 104 Å². The second-order valence-corrected chi connectivity index (χ2v) is 3.48. The highest BCUT2D eigenvalue weighted by atomic mass is 16.5. The molecular formula is C12H15NO5. The van der Waals surface area contributed by atoms with Gasteiger partial charge in [-0.15, -0.1) is 0 Å². The van der Waals surface area contributed by atoms with E-state index in [9.17, 15) is 14.4 Å². The number of esters is 2. The third-order valence-corrected chi connectivity index (χ3v) is 2.16. The molecule has 0 saturated heterocycles. The topological polar surface area (TPSA) is 74.6 Å². The zero-order valence-electron chi connectivity index (χ0n) is 10.3. The van der Waals surface area contributed by atoms with Crippen molar-refractivity contribution < 1.29 is 23.9 Å². The zero-order chi connectivity index (χ0) is 13.5. The lowest BCUT2D eigenvalue weighted by atomic mass is 10.3. The van der Waals surface area contributed by atoms with Crippen molar-refractivity contribution in [2.45, 2.75) is 20.4 Å². The summed E-state index contributed by atoms with van der Waals surface area (Å²) in [5, 5.41) is 0. The van der Waals surface area contributed by atoms with Crippen LogP contribution in [0.4, 0.5) is 0 Å². The summed E-state index contributed by atoms with van der Waals surface area (Å²) in [6, 6.07) is 3.16. The van der Waals surface area contributed by atoms with E-state index in [1.807, 2.05) is 0 Å². The summed E-state index contributed by atoms with van der Waals surface area (Å²) in [6.45, 7) is 3.55. The minimum atomic E-state index is -0.884. The van der Waals surface area contributed by atoms with Crippen LogP contribution in [0.5, 0.6) is 0 Å². The van der Waals surface area contributed by atoms with Crippen LogP contribution < -0.4 is 0 Å². The molecule has 0 atom stereocenters. The van der Waals surface area contributed by atoms with E-state index in [2.05, 4.69) is 4.74 Å². The van der Waals surface area contributed by atoms with E-state index in [0.717, 1.165) is 0 Å². The molecule has 0 N–H and O–H groups in total. The van der Waals surface area contributed by atoms with Crippen LogP contribution in [-0.2, 0) is 25.6 Å². The highest BCUT2D eigenvalue weighted by Gasteiger charge is 2.20. The van der Waals surface area contributed by atoms with Crippen molar-refractivity contribution in [3.63, 3.8) is 0 Å². The summed E-state index contributed by atoms with van der Waals surface area (Å²) >= 11 is 0. The van der Waals surface area contributed by atoms with Crippen LogP contribution in [-0.4, -0.2) is 35.5 Å². The summed E-state index contributed by atoms with van der Waals surface area (Å²) in [7, 11) is 0. The van der Waals surface area contributed by atoms with Gasteiger partial charge in [0.15, 0.2) is 0 Å². The maximum atomic E-state index is 11.7. The van der Waals surface area contributed by atoms with Crippen molar-refractivity contribution >= 4 is 17.7 Å². The van der Waals surface area contributed by atoms with Crippen LogP contribution in [0.2, 0.25) is 0 Å². The normalized spacial score (nSPS) is 9.89. The first kappa shape index (κ1) is 14.0. The monoisotopic (exact) mass is 253 g/mol. The van der Waals surface area contributed by atoms with Crippen molar-refractivity contribution in [3.05, 3.63) is 24.0 Å². The van der Waals surface area contributed by atoms with Gasteiger partial charge in [-0.3, -0.25) is 9.59 Å². The molecule has 0 bridgehead atoms. The number of aromatic nitrogens is 1. The molecule has 6 heteroatoms. The number of nitrogens with zero attached hydrogens (tertiary/aromatic N) is 1. The van der Waals surface area contributed by atoms with E-state index in [1.54, 1.807) is 23.8 Å². The van der Waals surface area contributed by atoms with Gasteiger partial charge in [0.2, 0.25) is 0 Å². The van der Waals surface area contributed by atoms with Gasteiger partial charge in [-0.1, -0.05) is 0 Å². The molecule has 0 aliphatic rings. The first-order chi connectivity index (χ1) is 8.56. The predicted molar refractivity (Wildman–Crippen MR) is 62.0 cm³/mol. The van der Waals surface area contributed by atoms with E-state index in [1.165, 1.54) is 13.0 Å². The third-order valence-electron chi connectivity index (χ3n) is 2.16. The first-order valence-electron chi connectivity index (χ1n) is 5.56. The van der Waals surface area contributed by atoms with Gasteiger partial charge < -0.3 is 14.0 Å². The molecule has 1 aromatic rings. The van der Waals surface area contributed by atoms with Crippen LogP contribution >= 0.6 is 0 Å². The van der Waals surface area contributed by atoms with E-state index in [4.69, 9.17) is 4.74 Å². The number of Topliss-reactive ketones (excluding diaryl/α,β-unsaturated/α-hetero) is 1. The Hall–Kier alpha value is -2.11. The molecular weight excluding hydrogens is 238 g/mol. The Bertz CT molecular complexity index is 449. The van der Waals surface area contributed by atoms with Crippen molar-refractivity contribution in [2.24, 2.45) is 0 Å². The van der Waals surface area contributed by atoms with Crippen LogP contribution in [0.15, 0.2) is 18.3 Å². The molecule has 0 saturated carbocycles. The molecule has 18 heavy (non-hydrogen) atoms. The average Bonchev–Trinajstić information content (AvgIpc) is 2.76. The van der Waals surface area contributed by atoms with Gasteiger partial charge in [-0.2, -0.15) is 0 Å². The Morgan fingerprint density at radius 2 is 2.00 bits per heavy atom. The second-order valence-electron chi connectivity index (χ2n) is 3.48. The van der Waals surface area contributed by atoms with Gasteiger partial charge in [-0.05, 0) is 19.1 Å². The molecule has 0 amide bonds. The maximum absolute atomic E-state index is 11.7. The van der Waals surface area contributed by atoms with Crippen molar-refractivity contribution in [2.75, 3.05) is 13.2 Å². The predicted octanol–water partition coefficient (Wildman–Crippen LogP) is 0.797. The molecule has 98 valence electrons. The number of ketones is 1. The average molecular weight is 253 g/mol. The number of ether oxygens (including phenoxy) is 2. The Balaban J connectivity index is 2.67. The quantitative estimate of drug-likeness (QED) is 0.426. The van der Waals surface area contributed by atoms with E-state index >= 15 is 0 Å². The molecule has 6 nitrogen and oxygen atoms in total. The highest BCUT2D eigenvalue weighted by Crippen LogP contribution is 2.05. The lowest BCUT2D eigenvalue weighted by Crippen LogP contribution is -2.21. The van der Waals surface area contributed by atoms with E-state index < -0.39 is 11.8 Å². The fourth-order valence-electron chi connectivity index (χ4n) is 1.40. The summed E-state index contributed by atoms with van der Waals surface area (Å²) in [5.41, 5.74) is 0.223. The molecule has 1 aromatic heterocycles. The molecule has 1 rings (SSSR count). The summed E-state index contributed by atoms with van der Waals surface area (Å²) in [6.07, 6.45) is 1.63. The largest absolute Gasteiger partial charge is 0.464 e. The van der Waals surface area contributed by atoms with Crippen LogP contribution in [0.1, 0.15) is 24.3 Å². The lowest BCUT2D eigenvalue weighted by molar-refractivity contribution is -0.141. The number of hydrogen-bond acceptors (Lipinski definition) is 5. The molecule has 0 spiro atoms. The Kier molecular flexibility index (Phi) is 5.10. The number of rotatable bonds is 6. The van der Waals surface area contributed by atoms with Gasteiger partial charge in [0, 0.05) is 13.1 Å². The van der Waals surface area contributed by atoms with Gasteiger partial charge in [0.1, 0.15) is 6.61 Å². The molecule has 0 aliphatic heterocycles. The molecule has 0 unspecified atom stereocenters. The van der Waals surface area contributed by atoms with Crippen molar-refractivity contribution in [1.82, 2.24) is 4.57 Å². The second kappa shape index (κ2) is 6.58. The minimum absolute atomic E-state index is 0.146. The molecule has 0 aromatic carbocycles. The molecule has 0 radical (unpaired) electrons. The third kappa shape index (κ3) is 3.73. The number of carbonyl (C=O) groups excluding carboxylic acids is 3. The van der Waals surface area contributed by atoms with E-state index in [0.29, 0.717) is 6.54 Å². The van der Waals surface area contributed by atoms with Gasteiger partial charge >= 0.3 is 11.9 Å².